The number of amides is 1. The van der Waals surface area contributed by atoms with Crippen molar-refractivity contribution in [2.45, 2.75) is 31.0 Å². The summed E-state index contributed by atoms with van der Waals surface area (Å²) in [5, 5.41) is 3.10. The summed E-state index contributed by atoms with van der Waals surface area (Å²) in [7, 11) is 0. The molecule has 1 fully saturated rings. The van der Waals surface area contributed by atoms with Gasteiger partial charge in [-0.1, -0.05) is 41.4 Å². The van der Waals surface area contributed by atoms with E-state index in [1.54, 1.807) is 30.3 Å². The number of anilines is 1. The summed E-state index contributed by atoms with van der Waals surface area (Å²) in [5.74, 6) is 0.219. The number of rotatable bonds is 4. The quantitative estimate of drug-likeness (QED) is 0.412. The molecule has 0 aromatic heterocycles. The summed E-state index contributed by atoms with van der Waals surface area (Å²) in [6, 6.07) is 16.0. The summed E-state index contributed by atoms with van der Waals surface area (Å²) in [6.45, 7) is 0. The Bertz CT molecular complexity index is 1240. The summed E-state index contributed by atoms with van der Waals surface area (Å²) in [4.78, 5) is 12.1. The van der Waals surface area contributed by atoms with Gasteiger partial charge in [0.2, 0.25) is 11.5 Å². The van der Waals surface area contributed by atoms with E-state index in [-0.39, 0.29) is 33.2 Å². The molecule has 5 rings (SSSR count). The molecule has 8 heteroatoms. The van der Waals surface area contributed by atoms with Crippen LogP contribution in [0.4, 0.5) is 18.9 Å². The Balaban J connectivity index is 1.49. The summed E-state index contributed by atoms with van der Waals surface area (Å²) in [5.41, 5.74) is -0.144. The van der Waals surface area contributed by atoms with Crippen LogP contribution in [-0.4, -0.2) is 12.1 Å². The van der Waals surface area contributed by atoms with Gasteiger partial charge in [-0.05, 0) is 72.0 Å². The van der Waals surface area contributed by atoms with Crippen LogP contribution in [0.25, 0.3) is 11.1 Å². The molecule has 3 aromatic rings. The van der Waals surface area contributed by atoms with E-state index in [2.05, 4.69) is 5.32 Å². The molecule has 0 radical (unpaired) electrons. The molecule has 1 amide bonds. The molecule has 33 heavy (non-hydrogen) atoms. The van der Waals surface area contributed by atoms with Crippen molar-refractivity contribution >= 4 is 34.8 Å². The minimum absolute atomic E-state index is 0.00959. The van der Waals surface area contributed by atoms with Gasteiger partial charge in [-0.2, -0.15) is 13.2 Å². The van der Waals surface area contributed by atoms with Crippen molar-refractivity contribution in [3.05, 3.63) is 81.8 Å². The number of carbonyl (C=O) groups is 1. The Hall–Kier alpha value is -2.70. The summed E-state index contributed by atoms with van der Waals surface area (Å²) >= 11 is 12.0. The highest BCUT2D eigenvalue weighted by molar-refractivity contribution is 6.34. The van der Waals surface area contributed by atoms with Gasteiger partial charge < -0.3 is 10.1 Å². The van der Waals surface area contributed by atoms with Gasteiger partial charge in [0.05, 0.1) is 0 Å². The fraction of sp³-hybridized carbons (Fsp3) is 0.240. The fourth-order valence-corrected chi connectivity index (χ4v) is 4.65. The van der Waals surface area contributed by atoms with Crippen molar-refractivity contribution in [2.75, 3.05) is 5.32 Å². The third-order valence-electron chi connectivity index (χ3n) is 5.98. The van der Waals surface area contributed by atoms with Gasteiger partial charge in [-0.15, -0.1) is 0 Å². The van der Waals surface area contributed by atoms with E-state index >= 15 is 0 Å². The highest BCUT2D eigenvalue weighted by Gasteiger charge is 2.61. The normalized spacial score (nSPS) is 19.7. The average Bonchev–Trinajstić information content (AvgIpc) is 3.52. The molecule has 0 bridgehead atoms. The third-order valence-corrected chi connectivity index (χ3v) is 6.42. The molecule has 1 N–H and O–H groups in total. The molecule has 3 aromatic carbocycles. The molecular weight excluding hydrogens is 474 g/mol. The Kier molecular flexibility index (Phi) is 5.33. The maximum absolute atomic E-state index is 14.3. The molecule has 1 aliphatic carbocycles. The van der Waals surface area contributed by atoms with E-state index in [1.807, 2.05) is 12.1 Å². The summed E-state index contributed by atoms with van der Waals surface area (Å²) in [6.07, 6.45) is -3.31. The molecule has 3 nitrogen and oxygen atoms in total. The molecular formula is C25H18Cl2F3NO2. The second kappa shape index (κ2) is 7.96. The number of alkyl halides is 3. The first kappa shape index (κ1) is 22.1. The number of hydrogen-bond acceptors (Lipinski definition) is 2. The van der Waals surface area contributed by atoms with E-state index in [9.17, 15) is 18.0 Å². The lowest BCUT2D eigenvalue weighted by atomic mass is 9.87. The molecule has 1 heterocycles. The van der Waals surface area contributed by atoms with Crippen LogP contribution < -0.4 is 10.1 Å². The largest absolute Gasteiger partial charge is 0.472 e. The minimum atomic E-state index is -4.70. The fourth-order valence-electron chi connectivity index (χ4n) is 4.12. The zero-order valence-corrected chi connectivity index (χ0v) is 18.7. The van der Waals surface area contributed by atoms with Gasteiger partial charge in [0.25, 0.3) is 0 Å². The van der Waals surface area contributed by atoms with E-state index in [4.69, 9.17) is 27.9 Å². The average molecular weight is 492 g/mol. The highest BCUT2D eigenvalue weighted by atomic mass is 35.5. The Labute approximate surface area is 198 Å². The second-order valence-corrected chi connectivity index (χ2v) is 9.30. The number of carbonyl (C=O) groups excluding carboxylic acids is 1. The Morgan fingerprint density at radius 1 is 0.970 bits per heavy atom. The lowest BCUT2D eigenvalue weighted by Crippen LogP contribution is -2.46. The molecule has 1 atom stereocenters. The lowest BCUT2D eigenvalue weighted by molar-refractivity contribution is -0.248. The molecule has 1 saturated carbocycles. The number of nitrogens with one attached hydrogen (secondary N) is 1. The molecule has 0 spiro atoms. The van der Waals surface area contributed by atoms with Gasteiger partial charge in [0, 0.05) is 33.6 Å². The maximum atomic E-state index is 14.3. The van der Waals surface area contributed by atoms with Gasteiger partial charge in [0.1, 0.15) is 5.75 Å². The third kappa shape index (κ3) is 4.18. The number of benzene rings is 3. The number of halogens is 5. The van der Waals surface area contributed by atoms with Crippen LogP contribution in [0.15, 0.2) is 60.7 Å². The Morgan fingerprint density at radius 3 is 2.33 bits per heavy atom. The number of ether oxygens (including phenoxy) is 1. The van der Waals surface area contributed by atoms with Crippen molar-refractivity contribution in [1.82, 2.24) is 0 Å². The van der Waals surface area contributed by atoms with Crippen LogP contribution in [0.2, 0.25) is 10.0 Å². The zero-order chi connectivity index (χ0) is 23.4. The minimum Gasteiger partial charge on any atom is -0.472 e. The topological polar surface area (TPSA) is 38.3 Å². The van der Waals surface area contributed by atoms with Crippen molar-refractivity contribution in [3.8, 4) is 16.9 Å². The van der Waals surface area contributed by atoms with Crippen LogP contribution in [-0.2, 0) is 16.8 Å². The van der Waals surface area contributed by atoms with Gasteiger partial charge in [0.15, 0.2) is 0 Å². The molecule has 0 saturated heterocycles. The van der Waals surface area contributed by atoms with Gasteiger partial charge in [-0.25, -0.2) is 0 Å². The Morgan fingerprint density at radius 2 is 1.67 bits per heavy atom. The van der Waals surface area contributed by atoms with E-state index in [0.717, 1.165) is 24.0 Å². The van der Waals surface area contributed by atoms with Crippen molar-refractivity contribution in [1.29, 1.82) is 0 Å². The highest BCUT2D eigenvalue weighted by Crippen LogP contribution is 2.52. The van der Waals surface area contributed by atoms with Gasteiger partial charge in [-0.3, -0.25) is 4.79 Å². The first-order valence-electron chi connectivity index (χ1n) is 10.4. The monoisotopic (exact) mass is 491 g/mol. The van der Waals surface area contributed by atoms with Crippen LogP contribution >= 0.6 is 23.2 Å². The van der Waals surface area contributed by atoms with Crippen LogP contribution in [0.5, 0.6) is 5.75 Å². The van der Waals surface area contributed by atoms with E-state index in [0.29, 0.717) is 11.3 Å². The molecule has 1 unspecified atom stereocenters. The van der Waals surface area contributed by atoms with Crippen molar-refractivity contribution < 1.29 is 22.7 Å². The predicted molar refractivity (Wildman–Crippen MR) is 122 cm³/mol. The first-order valence-corrected chi connectivity index (χ1v) is 11.2. The second-order valence-electron chi connectivity index (χ2n) is 8.43. The van der Waals surface area contributed by atoms with Crippen LogP contribution in [0, 0.1) is 5.92 Å². The smallest absolute Gasteiger partial charge is 0.432 e. The molecule has 1 aliphatic heterocycles. The van der Waals surface area contributed by atoms with Crippen LogP contribution in [0.3, 0.4) is 0 Å². The summed E-state index contributed by atoms with van der Waals surface area (Å²) < 4.78 is 48.6. The zero-order valence-electron chi connectivity index (χ0n) is 17.2. The molecule has 170 valence electrons. The van der Waals surface area contributed by atoms with Crippen LogP contribution in [0.1, 0.15) is 24.0 Å². The van der Waals surface area contributed by atoms with Crippen molar-refractivity contribution in [2.24, 2.45) is 5.92 Å². The number of hydrogen-bond donors (Lipinski definition) is 1. The lowest BCUT2D eigenvalue weighted by Gasteiger charge is -2.31. The van der Waals surface area contributed by atoms with E-state index < -0.39 is 18.2 Å². The predicted octanol–water partition coefficient (Wildman–Crippen LogP) is 7.40. The van der Waals surface area contributed by atoms with Crippen molar-refractivity contribution in [3.63, 3.8) is 0 Å². The SMILES string of the molecule is O=C(Nc1cccc(-c2ccc3c(c2)CC(c2cc(Cl)cc(Cl)c2)(C(F)(F)F)O3)c1)C1CC1. The first-order chi connectivity index (χ1) is 15.6. The maximum Gasteiger partial charge on any atom is 0.432 e. The standard InChI is InChI=1S/C25H18Cl2F3NO2/c26-19-10-18(11-20(27)12-19)24(25(28,29)30)13-17-8-16(6-7-22(17)33-24)15-2-1-3-21(9-15)31-23(32)14-4-5-14/h1-3,6-12,14H,4-5,13H2,(H,31,32). The molecule has 2 aliphatic rings. The van der Waals surface area contributed by atoms with Gasteiger partial charge >= 0.3 is 6.18 Å². The number of fused-ring (bicyclic) bond motifs is 1. The van der Waals surface area contributed by atoms with E-state index in [1.165, 1.54) is 18.2 Å².